The number of rotatable bonds is 7. The number of benzene rings is 1. The zero-order valence-electron chi connectivity index (χ0n) is 11.8. The van der Waals surface area contributed by atoms with Crippen LogP contribution >= 0.6 is 0 Å². The van der Waals surface area contributed by atoms with Gasteiger partial charge < -0.3 is 5.32 Å². The maximum Gasteiger partial charge on any atom is 0.141 e. The molecule has 1 aromatic heterocycles. The molecule has 3 heteroatoms. The van der Waals surface area contributed by atoms with Crippen LogP contribution in [0.5, 0.6) is 0 Å². The van der Waals surface area contributed by atoms with Crippen molar-refractivity contribution in [2.24, 2.45) is 0 Å². The molecule has 0 spiro atoms. The molecule has 1 unspecified atom stereocenters. The van der Waals surface area contributed by atoms with E-state index in [4.69, 9.17) is 0 Å². The van der Waals surface area contributed by atoms with Crippen molar-refractivity contribution >= 4 is 0 Å². The van der Waals surface area contributed by atoms with Crippen LogP contribution in [0.25, 0.3) is 0 Å². The molecule has 0 saturated carbocycles. The number of nitrogens with zero attached hydrogens (tertiary/aromatic N) is 1. The second-order valence-corrected chi connectivity index (χ2v) is 4.91. The lowest BCUT2D eigenvalue weighted by Gasteiger charge is -2.16. The molecule has 2 aromatic rings. The highest BCUT2D eigenvalue weighted by Crippen LogP contribution is 2.14. The molecular formula is C17H21FN2. The number of nitrogens with one attached hydrogen (secondary N) is 1. The zero-order chi connectivity index (χ0) is 14.2. The number of hydrogen-bond acceptors (Lipinski definition) is 2. The first-order valence-electron chi connectivity index (χ1n) is 7.18. The van der Waals surface area contributed by atoms with Gasteiger partial charge in [-0.15, -0.1) is 0 Å². The van der Waals surface area contributed by atoms with Crippen LogP contribution in [0.2, 0.25) is 0 Å². The first-order valence-corrected chi connectivity index (χ1v) is 7.18. The molecule has 2 nitrogen and oxygen atoms in total. The minimum absolute atomic E-state index is 0.200. The van der Waals surface area contributed by atoms with Gasteiger partial charge in [-0.1, -0.05) is 37.3 Å². The maximum absolute atomic E-state index is 12.9. The first kappa shape index (κ1) is 14.7. The highest BCUT2D eigenvalue weighted by Gasteiger charge is 2.09. The van der Waals surface area contributed by atoms with E-state index in [2.05, 4.69) is 41.5 Å². The van der Waals surface area contributed by atoms with Crippen LogP contribution in [0.1, 0.15) is 37.1 Å². The Morgan fingerprint density at radius 3 is 2.60 bits per heavy atom. The highest BCUT2D eigenvalue weighted by molar-refractivity contribution is 5.14. The van der Waals surface area contributed by atoms with Crippen LogP contribution in [-0.2, 0) is 6.42 Å². The molecule has 1 aromatic carbocycles. The number of halogens is 1. The van der Waals surface area contributed by atoms with Crippen molar-refractivity contribution in [2.45, 2.75) is 32.2 Å². The zero-order valence-corrected chi connectivity index (χ0v) is 11.8. The molecule has 1 atom stereocenters. The van der Waals surface area contributed by atoms with Gasteiger partial charge in [-0.25, -0.2) is 4.39 Å². The molecule has 2 rings (SSSR count). The molecule has 20 heavy (non-hydrogen) atoms. The molecular weight excluding hydrogens is 251 g/mol. The fraction of sp³-hybridized carbons (Fsp3) is 0.353. The third-order valence-corrected chi connectivity index (χ3v) is 3.39. The fourth-order valence-corrected chi connectivity index (χ4v) is 2.26. The third kappa shape index (κ3) is 4.42. The molecule has 0 aliphatic rings. The Balaban J connectivity index is 1.78. The number of pyridine rings is 1. The number of aromatic nitrogens is 1. The van der Waals surface area contributed by atoms with E-state index in [-0.39, 0.29) is 11.9 Å². The number of hydrogen-bond donors (Lipinski definition) is 1. The minimum atomic E-state index is -0.285. The average Bonchev–Trinajstić information content (AvgIpc) is 2.50. The van der Waals surface area contributed by atoms with Crippen LogP contribution in [0, 0.1) is 5.82 Å². The molecule has 0 amide bonds. The summed E-state index contributed by atoms with van der Waals surface area (Å²) in [5.74, 6) is -0.285. The van der Waals surface area contributed by atoms with E-state index in [1.807, 2.05) is 6.07 Å². The van der Waals surface area contributed by atoms with E-state index in [1.165, 1.54) is 17.8 Å². The molecule has 0 saturated heterocycles. The predicted molar refractivity (Wildman–Crippen MR) is 80.0 cm³/mol. The molecule has 1 N–H and O–H groups in total. The lowest BCUT2D eigenvalue weighted by atomic mass is 10.1. The van der Waals surface area contributed by atoms with Gasteiger partial charge in [0.05, 0.1) is 11.9 Å². The third-order valence-electron chi connectivity index (χ3n) is 3.39. The maximum atomic E-state index is 12.9. The van der Waals surface area contributed by atoms with E-state index >= 15 is 0 Å². The molecule has 0 bridgehead atoms. The quantitative estimate of drug-likeness (QED) is 0.773. The second-order valence-electron chi connectivity index (χ2n) is 4.91. The van der Waals surface area contributed by atoms with E-state index in [0.717, 1.165) is 31.5 Å². The van der Waals surface area contributed by atoms with Crippen LogP contribution in [0.4, 0.5) is 4.39 Å². The van der Waals surface area contributed by atoms with Crippen molar-refractivity contribution < 1.29 is 4.39 Å². The topological polar surface area (TPSA) is 24.9 Å². The second kappa shape index (κ2) is 7.75. The summed E-state index contributed by atoms with van der Waals surface area (Å²) in [6.07, 6.45) is 4.39. The largest absolute Gasteiger partial charge is 0.309 e. The highest BCUT2D eigenvalue weighted by atomic mass is 19.1. The summed E-state index contributed by atoms with van der Waals surface area (Å²) in [5.41, 5.74) is 2.27. The van der Waals surface area contributed by atoms with Crippen molar-refractivity contribution in [3.63, 3.8) is 0 Å². The standard InChI is InChI=1S/C17H21FN2/c1-2-16(17-11-10-15(18)13-20-17)19-12-6-9-14-7-4-3-5-8-14/h3-5,7-8,10-11,13,16,19H,2,6,9,12H2,1H3. The van der Waals surface area contributed by atoms with Gasteiger partial charge in [-0.2, -0.15) is 0 Å². The lowest BCUT2D eigenvalue weighted by Crippen LogP contribution is -2.23. The van der Waals surface area contributed by atoms with E-state index in [0.29, 0.717) is 0 Å². The Morgan fingerprint density at radius 1 is 1.15 bits per heavy atom. The van der Waals surface area contributed by atoms with Crippen LogP contribution in [0.3, 0.4) is 0 Å². The molecule has 1 heterocycles. The lowest BCUT2D eigenvalue weighted by molar-refractivity contribution is 0.497. The van der Waals surface area contributed by atoms with Gasteiger partial charge in [0.25, 0.3) is 0 Å². The van der Waals surface area contributed by atoms with E-state index in [1.54, 1.807) is 6.07 Å². The van der Waals surface area contributed by atoms with Gasteiger partial charge in [0, 0.05) is 6.04 Å². The predicted octanol–water partition coefficient (Wildman–Crippen LogP) is 3.89. The van der Waals surface area contributed by atoms with Gasteiger partial charge in [0.2, 0.25) is 0 Å². The Bertz CT molecular complexity index is 496. The van der Waals surface area contributed by atoms with Crippen molar-refractivity contribution in [3.05, 3.63) is 65.7 Å². The summed E-state index contributed by atoms with van der Waals surface area (Å²) in [7, 11) is 0. The van der Waals surface area contributed by atoms with Crippen molar-refractivity contribution in [1.29, 1.82) is 0 Å². The van der Waals surface area contributed by atoms with Gasteiger partial charge >= 0.3 is 0 Å². The van der Waals surface area contributed by atoms with Crippen LogP contribution < -0.4 is 5.32 Å². The minimum Gasteiger partial charge on any atom is -0.309 e. The smallest absolute Gasteiger partial charge is 0.141 e. The average molecular weight is 272 g/mol. The van der Waals surface area contributed by atoms with Crippen molar-refractivity contribution in [2.75, 3.05) is 6.54 Å². The molecule has 0 aliphatic carbocycles. The fourth-order valence-electron chi connectivity index (χ4n) is 2.26. The molecule has 0 aliphatic heterocycles. The summed E-state index contributed by atoms with van der Waals surface area (Å²) >= 11 is 0. The Kier molecular flexibility index (Phi) is 5.69. The summed E-state index contributed by atoms with van der Waals surface area (Å²) in [6, 6.07) is 13.9. The van der Waals surface area contributed by atoms with Gasteiger partial charge in [-0.3, -0.25) is 4.98 Å². The van der Waals surface area contributed by atoms with E-state index < -0.39 is 0 Å². The summed E-state index contributed by atoms with van der Waals surface area (Å²) in [4.78, 5) is 4.15. The van der Waals surface area contributed by atoms with E-state index in [9.17, 15) is 4.39 Å². The summed E-state index contributed by atoms with van der Waals surface area (Å²) in [6.45, 7) is 3.05. The number of aryl methyl sites for hydroxylation is 1. The summed E-state index contributed by atoms with van der Waals surface area (Å²) < 4.78 is 12.9. The van der Waals surface area contributed by atoms with Crippen molar-refractivity contribution in [3.8, 4) is 0 Å². The summed E-state index contributed by atoms with van der Waals surface area (Å²) in [5, 5.41) is 3.49. The van der Waals surface area contributed by atoms with Crippen LogP contribution in [0.15, 0.2) is 48.7 Å². The van der Waals surface area contributed by atoms with Gasteiger partial charge in [0.1, 0.15) is 5.82 Å². The molecule has 0 radical (unpaired) electrons. The van der Waals surface area contributed by atoms with Crippen molar-refractivity contribution in [1.82, 2.24) is 10.3 Å². The first-order chi connectivity index (χ1) is 9.79. The van der Waals surface area contributed by atoms with Crippen LogP contribution in [-0.4, -0.2) is 11.5 Å². The van der Waals surface area contributed by atoms with Gasteiger partial charge in [-0.05, 0) is 43.5 Å². The Labute approximate surface area is 120 Å². The monoisotopic (exact) mass is 272 g/mol. The molecule has 106 valence electrons. The SMILES string of the molecule is CCC(NCCCc1ccccc1)c1ccc(F)cn1. The Hall–Kier alpha value is -1.74. The van der Waals surface area contributed by atoms with Gasteiger partial charge in [0.15, 0.2) is 0 Å². The molecule has 0 fully saturated rings. The Morgan fingerprint density at radius 2 is 1.95 bits per heavy atom. The normalized spacial score (nSPS) is 12.3.